The van der Waals surface area contributed by atoms with Gasteiger partial charge in [0.15, 0.2) is 0 Å². The van der Waals surface area contributed by atoms with Crippen molar-refractivity contribution in [1.29, 1.82) is 0 Å². The first-order valence-electron chi connectivity index (χ1n) is 4.26. The lowest BCUT2D eigenvalue weighted by Gasteiger charge is -2.07. The average molecular weight is 259 g/mol. The summed E-state index contributed by atoms with van der Waals surface area (Å²) in [6, 6.07) is 1.70. The van der Waals surface area contributed by atoms with Crippen LogP contribution in [0.5, 0.6) is 0 Å². The molecular formula is C8H9N3O5S. The predicted octanol–water partition coefficient (Wildman–Crippen LogP) is -0.350. The van der Waals surface area contributed by atoms with Gasteiger partial charge in [0.05, 0.1) is 15.4 Å². The summed E-state index contributed by atoms with van der Waals surface area (Å²) in [4.78, 5) is 20.3. The number of benzene rings is 1. The van der Waals surface area contributed by atoms with Gasteiger partial charge >= 0.3 is 0 Å². The summed E-state index contributed by atoms with van der Waals surface area (Å²) in [7, 11) is -4.16. The molecule has 0 aromatic heterocycles. The van der Waals surface area contributed by atoms with E-state index in [-0.39, 0.29) is 11.1 Å². The molecule has 0 saturated carbocycles. The van der Waals surface area contributed by atoms with Crippen LogP contribution in [0.25, 0.3) is 0 Å². The maximum Gasteiger partial charge on any atom is 0.271 e. The Morgan fingerprint density at radius 3 is 2.29 bits per heavy atom. The lowest BCUT2D eigenvalue weighted by atomic mass is 10.1. The predicted molar refractivity (Wildman–Crippen MR) is 57.7 cm³/mol. The number of carbonyl (C=O) groups is 1. The van der Waals surface area contributed by atoms with Gasteiger partial charge in [0, 0.05) is 12.1 Å². The van der Waals surface area contributed by atoms with Crippen molar-refractivity contribution < 1.29 is 18.1 Å². The van der Waals surface area contributed by atoms with E-state index in [1.165, 1.54) is 6.92 Å². The Balaban J connectivity index is 3.73. The Bertz CT molecular complexity index is 608. The van der Waals surface area contributed by atoms with Crippen molar-refractivity contribution in [2.45, 2.75) is 11.8 Å². The van der Waals surface area contributed by atoms with Gasteiger partial charge in [0.2, 0.25) is 15.9 Å². The normalized spacial score (nSPS) is 11.2. The number of nitro groups is 1. The van der Waals surface area contributed by atoms with Crippen LogP contribution in [0.4, 0.5) is 5.69 Å². The van der Waals surface area contributed by atoms with Crippen molar-refractivity contribution in [3.63, 3.8) is 0 Å². The standard InChI is InChI=1S/C8H9N3O5S/c1-4-6(8(9)12)2-5(11(13)14)3-7(4)17(10,15)16/h2-3H,1H3,(H2,9,12)(H2,10,15,16). The van der Waals surface area contributed by atoms with Crippen LogP contribution in [0.2, 0.25) is 0 Å². The van der Waals surface area contributed by atoms with Gasteiger partial charge in [-0.15, -0.1) is 0 Å². The van der Waals surface area contributed by atoms with Crippen LogP contribution < -0.4 is 10.9 Å². The minimum absolute atomic E-state index is 0.00870. The molecule has 17 heavy (non-hydrogen) atoms. The molecule has 0 aliphatic rings. The molecule has 0 heterocycles. The van der Waals surface area contributed by atoms with Gasteiger partial charge in [0.1, 0.15) is 0 Å². The molecule has 9 heteroatoms. The molecule has 1 aromatic carbocycles. The Kier molecular flexibility index (Phi) is 3.16. The first-order chi connectivity index (χ1) is 7.64. The summed E-state index contributed by atoms with van der Waals surface area (Å²) in [5.41, 5.74) is 4.18. The van der Waals surface area contributed by atoms with E-state index < -0.39 is 31.4 Å². The van der Waals surface area contributed by atoms with Gasteiger partial charge in [-0.05, 0) is 12.5 Å². The SMILES string of the molecule is Cc1c(C(N)=O)cc([N+](=O)[O-])cc1S(N)(=O)=O. The third-order valence-electron chi connectivity index (χ3n) is 2.13. The van der Waals surface area contributed by atoms with Crippen LogP contribution >= 0.6 is 0 Å². The van der Waals surface area contributed by atoms with Crippen LogP contribution in [0.3, 0.4) is 0 Å². The third-order valence-corrected chi connectivity index (χ3v) is 3.16. The summed E-state index contributed by atoms with van der Waals surface area (Å²) >= 11 is 0. The van der Waals surface area contributed by atoms with E-state index in [0.717, 1.165) is 12.1 Å². The number of non-ortho nitro benzene ring substituents is 1. The summed E-state index contributed by atoms with van der Waals surface area (Å²) < 4.78 is 22.4. The van der Waals surface area contributed by atoms with E-state index in [9.17, 15) is 23.3 Å². The molecule has 1 amide bonds. The van der Waals surface area contributed by atoms with Crippen LogP contribution in [-0.2, 0) is 10.0 Å². The van der Waals surface area contributed by atoms with Gasteiger partial charge in [-0.3, -0.25) is 14.9 Å². The number of nitro benzene ring substituents is 1. The van der Waals surface area contributed by atoms with Crippen molar-refractivity contribution in [2.24, 2.45) is 10.9 Å². The fraction of sp³-hybridized carbons (Fsp3) is 0.125. The fourth-order valence-electron chi connectivity index (χ4n) is 1.33. The van der Waals surface area contributed by atoms with Crippen LogP contribution in [0, 0.1) is 17.0 Å². The second-order valence-electron chi connectivity index (χ2n) is 3.28. The summed E-state index contributed by atoms with van der Waals surface area (Å²) in [6.45, 7) is 1.30. The molecule has 1 aromatic rings. The number of amides is 1. The van der Waals surface area contributed by atoms with E-state index in [4.69, 9.17) is 10.9 Å². The zero-order valence-electron chi connectivity index (χ0n) is 8.71. The molecule has 0 saturated heterocycles. The van der Waals surface area contributed by atoms with Gasteiger partial charge in [0.25, 0.3) is 5.69 Å². The highest BCUT2D eigenvalue weighted by atomic mass is 32.2. The van der Waals surface area contributed by atoms with Gasteiger partial charge in [-0.2, -0.15) is 0 Å². The van der Waals surface area contributed by atoms with Crippen LogP contribution in [0.15, 0.2) is 17.0 Å². The quantitative estimate of drug-likeness (QED) is 0.562. The number of primary amides is 1. The highest BCUT2D eigenvalue weighted by Crippen LogP contribution is 2.24. The van der Waals surface area contributed by atoms with Crippen LogP contribution in [0.1, 0.15) is 15.9 Å². The molecule has 0 radical (unpaired) electrons. The average Bonchev–Trinajstić information content (AvgIpc) is 2.15. The number of nitrogens with two attached hydrogens (primary N) is 2. The largest absolute Gasteiger partial charge is 0.366 e. The lowest BCUT2D eigenvalue weighted by Crippen LogP contribution is -2.19. The minimum Gasteiger partial charge on any atom is -0.366 e. The monoisotopic (exact) mass is 259 g/mol. The Morgan fingerprint density at radius 1 is 1.41 bits per heavy atom. The fourth-order valence-corrected chi connectivity index (χ4v) is 2.15. The molecule has 0 atom stereocenters. The second kappa shape index (κ2) is 4.11. The maximum atomic E-state index is 11.2. The number of carbonyl (C=O) groups excluding carboxylic acids is 1. The molecule has 0 aliphatic carbocycles. The molecule has 0 unspecified atom stereocenters. The van der Waals surface area contributed by atoms with Crippen molar-refractivity contribution in [3.8, 4) is 0 Å². The topological polar surface area (TPSA) is 146 Å². The Labute approximate surface area is 96.4 Å². The molecule has 0 fully saturated rings. The number of sulfonamides is 1. The molecular weight excluding hydrogens is 250 g/mol. The molecule has 8 nitrogen and oxygen atoms in total. The Morgan fingerprint density at radius 2 is 1.94 bits per heavy atom. The van der Waals surface area contributed by atoms with Crippen molar-refractivity contribution in [1.82, 2.24) is 0 Å². The molecule has 1 rings (SSSR count). The summed E-state index contributed by atoms with van der Waals surface area (Å²) in [5.74, 6) is -0.962. The summed E-state index contributed by atoms with van der Waals surface area (Å²) in [5, 5.41) is 15.5. The highest BCUT2D eigenvalue weighted by Gasteiger charge is 2.22. The van der Waals surface area contributed by atoms with Crippen molar-refractivity contribution in [3.05, 3.63) is 33.4 Å². The van der Waals surface area contributed by atoms with Gasteiger partial charge in [-0.25, -0.2) is 13.6 Å². The van der Waals surface area contributed by atoms with E-state index in [0.29, 0.717) is 0 Å². The van der Waals surface area contributed by atoms with E-state index in [1.54, 1.807) is 0 Å². The van der Waals surface area contributed by atoms with E-state index >= 15 is 0 Å². The molecule has 92 valence electrons. The number of rotatable bonds is 3. The highest BCUT2D eigenvalue weighted by molar-refractivity contribution is 7.89. The first-order valence-corrected chi connectivity index (χ1v) is 5.81. The number of hydrogen-bond acceptors (Lipinski definition) is 5. The maximum absolute atomic E-state index is 11.2. The molecule has 0 bridgehead atoms. The number of hydrogen-bond donors (Lipinski definition) is 2. The van der Waals surface area contributed by atoms with Crippen molar-refractivity contribution >= 4 is 21.6 Å². The minimum atomic E-state index is -4.16. The molecule has 0 aliphatic heterocycles. The zero-order chi connectivity index (χ0) is 13.4. The lowest BCUT2D eigenvalue weighted by molar-refractivity contribution is -0.385. The van der Waals surface area contributed by atoms with Gasteiger partial charge in [-0.1, -0.05) is 0 Å². The van der Waals surface area contributed by atoms with E-state index in [2.05, 4.69) is 0 Å². The van der Waals surface area contributed by atoms with Gasteiger partial charge < -0.3 is 5.73 Å². The third kappa shape index (κ3) is 2.57. The molecule has 4 N–H and O–H groups in total. The summed E-state index contributed by atoms with van der Waals surface area (Å²) in [6.07, 6.45) is 0. The smallest absolute Gasteiger partial charge is 0.271 e. The Hall–Kier alpha value is -2.00. The second-order valence-corrected chi connectivity index (χ2v) is 4.81. The first kappa shape index (κ1) is 13.1. The van der Waals surface area contributed by atoms with Crippen LogP contribution in [-0.4, -0.2) is 19.2 Å². The van der Waals surface area contributed by atoms with Crippen molar-refractivity contribution in [2.75, 3.05) is 0 Å². The molecule has 0 spiro atoms. The zero-order valence-corrected chi connectivity index (χ0v) is 9.52. The number of primary sulfonamides is 1. The number of nitrogens with zero attached hydrogens (tertiary/aromatic N) is 1. The van der Waals surface area contributed by atoms with E-state index in [1.807, 2.05) is 0 Å².